The molecule has 9 heteroatoms. The highest BCUT2D eigenvalue weighted by Gasteiger charge is 2.23. The Morgan fingerprint density at radius 2 is 1.94 bits per heavy atom. The minimum absolute atomic E-state index is 0.133. The van der Waals surface area contributed by atoms with E-state index in [1.165, 1.54) is 0 Å². The van der Waals surface area contributed by atoms with Crippen molar-refractivity contribution >= 4 is 23.5 Å². The number of hydrogen-bond donors (Lipinski definition) is 1. The SMILES string of the molecule is CCCCNC(=NCc1nnc(C)n1C)N1CCN(C(=O)Cc2cccc(Cl)c2)CC1. The lowest BCUT2D eigenvalue weighted by molar-refractivity contribution is -0.131. The molecule has 0 bridgehead atoms. The van der Waals surface area contributed by atoms with Crippen molar-refractivity contribution in [1.29, 1.82) is 0 Å². The number of carbonyl (C=O) groups excluding carboxylic acids is 1. The molecule has 8 nitrogen and oxygen atoms in total. The van der Waals surface area contributed by atoms with Gasteiger partial charge in [0.25, 0.3) is 0 Å². The molecule has 1 saturated heterocycles. The summed E-state index contributed by atoms with van der Waals surface area (Å²) < 4.78 is 1.96. The molecule has 0 unspecified atom stereocenters. The molecule has 31 heavy (non-hydrogen) atoms. The van der Waals surface area contributed by atoms with Crippen molar-refractivity contribution in [1.82, 2.24) is 29.9 Å². The number of piperazine rings is 1. The Morgan fingerprint density at radius 1 is 1.19 bits per heavy atom. The van der Waals surface area contributed by atoms with Gasteiger partial charge in [0.15, 0.2) is 11.8 Å². The predicted molar refractivity (Wildman–Crippen MR) is 123 cm³/mol. The van der Waals surface area contributed by atoms with Gasteiger partial charge in [-0.05, 0) is 31.0 Å². The summed E-state index contributed by atoms with van der Waals surface area (Å²) in [4.78, 5) is 21.7. The van der Waals surface area contributed by atoms with E-state index in [2.05, 4.69) is 27.3 Å². The minimum Gasteiger partial charge on any atom is -0.356 e. The van der Waals surface area contributed by atoms with Crippen LogP contribution in [0, 0.1) is 6.92 Å². The minimum atomic E-state index is 0.133. The van der Waals surface area contributed by atoms with Crippen LogP contribution in [0.5, 0.6) is 0 Å². The van der Waals surface area contributed by atoms with Gasteiger partial charge in [0.05, 0.1) is 6.42 Å². The van der Waals surface area contributed by atoms with E-state index in [1.54, 1.807) is 0 Å². The summed E-state index contributed by atoms with van der Waals surface area (Å²) in [6, 6.07) is 7.50. The number of nitrogens with one attached hydrogen (secondary N) is 1. The summed E-state index contributed by atoms with van der Waals surface area (Å²) in [6.45, 7) is 8.30. The molecule has 0 spiro atoms. The molecule has 1 aromatic carbocycles. The molecule has 2 aromatic rings. The Labute approximate surface area is 189 Å². The van der Waals surface area contributed by atoms with E-state index in [4.69, 9.17) is 16.6 Å². The average molecular weight is 446 g/mol. The quantitative estimate of drug-likeness (QED) is 0.402. The zero-order valence-electron chi connectivity index (χ0n) is 18.6. The Morgan fingerprint density at radius 3 is 2.58 bits per heavy atom. The number of unbranched alkanes of at least 4 members (excludes halogenated alkanes) is 1. The number of aromatic nitrogens is 3. The summed E-state index contributed by atoms with van der Waals surface area (Å²) in [5, 5.41) is 12.5. The second kappa shape index (κ2) is 11.1. The van der Waals surface area contributed by atoms with Gasteiger partial charge in [-0.2, -0.15) is 0 Å². The fourth-order valence-electron chi connectivity index (χ4n) is 3.48. The van der Waals surface area contributed by atoms with Gasteiger partial charge in [0.1, 0.15) is 12.4 Å². The van der Waals surface area contributed by atoms with Crippen LogP contribution in [0.3, 0.4) is 0 Å². The van der Waals surface area contributed by atoms with Crippen LogP contribution in [-0.2, 0) is 24.8 Å². The summed E-state index contributed by atoms with van der Waals surface area (Å²) in [6.07, 6.45) is 2.58. The third-order valence-electron chi connectivity index (χ3n) is 5.54. The maximum Gasteiger partial charge on any atom is 0.227 e. The summed E-state index contributed by atoms with van der Waals surface area (Å²) in [7, 11) is 1.95. The van der Waals surface area contributed by atoms with Crippen LogP contribution in [0.25, 0.3) is 0 Å². The normalized spacial score (nSPS) is 14.8. The molecule has 0 aliphatic carbocycles. The lowest BCUT2D eigenvalue weighted by Gasteiger charge is -2.36. The molecule has 1 fully saturated rings. The summed E-state index contributed by atoms with van der Waals surface area (Å²) in [5.74, 6) is 2.71. The molecule has 0 radical (unpaired) electrons. The number of halogens is 1. The second-order valence-electron chi connectivity index (χ2n) is 7.82. The highest BCUT2D eigenvalue weighted by molar-refractivity contribution is 6.30. The molecule has 0 saturated carbocycles. The molecule has 168 valence electrons. The second-order valence-corrected chi connectivity index (χ2v) is 8.25. The molecular weight excluding hydrogens is 414 g/mol. The fraction of sp³-hybridized carbons (Fsp3) is 0.545. The van der Waals surface area contributed by atoms with Gasteiger partial charge >= 0.3 is 0 Å². The van der Waals surface area contributed by atoms with Gasteiger partial charge in [-0.3, -0.25) is 4.79 Å². The first-order valence-electron chi connectivity index (χ1n) is 10.9. The number of nitrogens with zero attached hydrogens (tertiary/aromatic N) is 6. The largest absolute Gasteiger partial charge is 0.356 e. The van der Waals surface area contributed by atoms with E-state index in [9.17, 15) is 4.79 Å². The van der Waals surface area contributed by atoms with Gasteiger partial charge in [-0.15, -0.1) is 10.2 Å². The zero-order valence-corrected chi connectivity index (χ0v) is 19.4. The molecule has 0 atom stereocenters. The van der Waals surface area contributed by atoms with Crippen LogP contribution >= 0.6 is 11.6 Å². The van der Waals surface area contributed by atoms with E-state index in [-0.39, 0.29) is 5.91 Å². The van der Waals surface area contributed by atoms with E-state index in [1.807, 2.05) is 47.7 Å². The fourth-order valence-corrected chi connectivity index (χ4v) is 3.69. The smallest absolute Gasteiger partial charge is 0.227 e. The van der Waals surface area contributed by atoms with Gasteiger partial charge in [-0.1, -0.05) is 37.1 Å². The van der Waals surface area contributed by atoms with E-state index in [0.717, 1.165) is 55.6 Å². The van der Waals surface area contributed by atoms with Crippen molar-refractivity contribution in [2.75, 3.05) is 32.7 Å². The Hall–Kier alpha value is -2.61. The first-order valence-corrected chi connectivity index (χ1v) is 11.3. The van der Waals surface area contributed by atoms with E-state index < -0.39 is 0 Å². The van der Waals surface area contributed by atoms with Crippen LogP contribution in [-0.4, -0.2) is 69.2 Å². The van der Waals surface area contributed by atoms with Crippen molar-refractivity contribution in [2.24, 2.45) is 12.0 Å². The number of guanidine groups is 1. The third-order valence-corrected chi connectivity index (χ3v) is 5.78. The molecule has 1 aromatic heterocycles. The van der Waals surface area contributed by atoms with Gasteiger partial charge in [0.2, 0.25) is 5.91 Å². The van der Waals surface area contributed by atoms with Crippen molar-refractivity contribution in [2.45, 2.75) is 39.7 Å². The lowest BCUT2D eigenvalue weighted by atomic mass is 10.1. The number of aryl methyl sites for hydroxylation is 1. The van der Waals surface area contributed by atoms with Crippen molar-refractivity contribution in [3.8, 4) is 0 Å². The Kier molecular flexibility index (Phi) is 8.28. The molecule has 1 amide bonds. The van der Waals surface area contributed by atoms with Crippen LogP contribution in [0.4, 0.5) is 0 Å². The molecule has 1 aliphatic heterocycles. The highest BCUT2D eigenvalue weighted by Crippen LogP contribution is 2.13. The zero-order chi connectivity index (χ0) is 22.2. The summed E-state index contributed by atoms with van der Waals surface area (Å²) >= 11 is 6.04. The highest BCUT2D eigenvalue weighted by atomic mass is 35.5. The first-order chi connectivity index (χ1) is 15.0. The van der Waals surface area contributed by atoms with Gasteiger partial charge in [0, 0.05) is 44.8 Å². The van der Waals surface area contributed by atoms with Crippen LogP contribution in [0.15, 0.2) is 29.3 Å². The topological polar surface area (TPSA) is 78.7 Å². The Bertz CT molecular complexity index is 903. The number of rotatable bonds is 7. The molecular formula is C22H32ClN7O. The van der Waals surface area contributed by atoms with Crippen LogP contribution in [0.2, 0.25) is 5.02 Å². The number of hydrogen-bond acceptors (Lipinski definition) is 4. The van der Waals surface area contributed by atoms with Crippen LogP contribution in [0.1, 0.15) is 37.0 Å². The van der Waals surface area contributed by atoms with Gasteiger partial charge < -0.3 is 19.7 Å². The maximum atomic E-state index is 12.7. The predicted octanol–water partition coefficient (Wildman–Crippen LogP) is 2.41. The number of carbonyl (C=O) groups is 1. The average Bonchev–Trinajstić information content (AvgIpc) is 3.08. The standard InChI is InChI=1S/C22H32ClN7O/c1-4-5-9-24-22(25-16-20-27-26-17(2)28(20)3)30-12-10-29(11-13-30)21(31)15-18-7-6-8-19(23)14-18/h6-8,14H,4-5,9-13,15-16H2,1-3H3,(H,24,25). The van der Waals surface area contributed by atoms with Crippen molar-refractivity contribution in [3.63, 3.8) is 0 Å². The van der Waals surface area contributed by atoms with E-state index in [0.29, 0.717) is 31.1 Å². The van der Waals surface area contributed by atoms with Crippen molar-refractivity contribution in [3.05, 3.63) is 46.5 Å². The molecule has 1 aliphatic rings. The number of benzene rings is 1. The van der Waals surface area contributed by atoms with Gasteiger partial charge in [-0.25, -0.2) is 4.99 Å². The molecule has 3 rings (SSSR count). The third kappa shape index (κ3) is 6.43. The maximum absolute atomic E-state index is 12.7. The Balaban J connectivity index is 1.59. The lowest BCUT2D eigenvalue weighted by Crippen LogP contribution is -2.54. The first kappa shape index (κ1) is 23.1. The summed E-state index contributed by atoms with van der Waals surface area (Å²) in [5.41, 5.74) is 0.947. The number of aliphatic imine (C=N–C) groups is 1. The molecule has 1 N–H and O–H groups in total. The van der Waals surface area contributed by atoms with E-state index >= 15 is 0 Å². The number of amides is 1. The molecule has 2 heterocycles. The van der Waals surface area contributed by atoms with Crippen molar-refractivity contribution < 1.29 is 4.79 Å². The monoisotopic (exact) mass is 445 g/mol. The van der Waals surface area contributed by atoms with Crippen LogP contribution < -0.4 is 5.32 Å².